The number of fused-ring (bicyclic) bond motifs is 1. The number of H-pyrrole nitrogens is 1. The molecule has 0 saturated carbocycles. The number of anilines is 2. The van der Waals surface area contributed by atoms with E-state index in [9.17, 15) is 9.90 Å². The highest BCUT2D eigenvalue weighted by atomic mass is 35.5. The number of amides is 1. The Morgan fingerprint density at radius 2 is 2.12 bits per heavy atom. The van der Waals surface area contributed by atoms with E-state index in [1.54, 1.807) is 12.1 Å². The van der Waals surface area contributed by atoms with Crippen molar-refractivity contribution in [1.82, 2.24) is 25.6 Å². The van der Waals surface area contributed by atoms with Crippen LogP contribution >= 0.6 is 12.4 Å². The number of aromatic amines is 1. The molecule has 0 bridgehead atoms. The van der Waals surface area contributed by atoms with Crippen molar-refractivity contribution in [3.8, 4) is 0 Å². The van der Waals surface area contributed by atoms with Gasteiger partial charge in [-0.25, -0.2) is 4.98 Å². The van der Waals surface area contributed by atoms with Gasteiger partial charge in [-0.1, -0.05) is 23.3 Å². The Labute approximate surface area is 148 Å². The lowest BCUT2D eigenvalue weighted by molar-refractivity contribution is 0.102. The number of benzene rings is 1. The Kier molecular flexibility index (Phi) is 6.17. The minimum Gasteiger partial charge on any atom is -0.394 e. The van der Waals surface area contributed by atoms with Crippen molar-refractivity contribution in [2.24, 2.45) is 0 Å². The zero-order valence-electron chi connectivity index (χ0n) is 12.9. The lowest BCUT2D eigenvalue weighted by Crippen LogP contribution is -2.23. The van der Waals surface area contributed by atoms with E-state index in [-0.39, 0.29) is 37.2 Å². The molecule has 5 N–H and O–H groups in total. The summed E-state index contributed by atoms with van der Waals surface area (Å²) in [5.41, 5.74) is 1.38. The molecule has 3 aromatic rings. The largest absolute Gasteiger partial charge is 0.394 e. The smallest absolute Gasteiger partial charge is 0.276 e. The van der Waals surface area contributed by atoms with Crippen LogP contribution in [0.2, 0.25) is 0 Å². The zero-order chi connectivity index (χ0) is 16.9. The van der Waals surface area contributed by atoms with Crippen molar-refractivity contribution in [3.05, 3.63) is 36.0 Å². The van der Waals surface area contributed by atoms with Crippen LogP contribution in [0.3, 0.4) is 0 Å². The second kappa shape index (κ2) is 8.33. The molecule has 0 saturated heterocycles. The fraction of sp³-hybridized carbons (Fsp3) is 0.214. The lowest BCUT2D eigenvalue weighted by atomic mass is 10.1. The van der Waals surface area contributed by atoms with Crippen molar-refractivity contribution in [2.75, 3.05) is 23.8 Å². The number of hydrogen-bond donors (Lipinski definition) is 5. The van der Waals surface area contributed by atoms with E-state index in [4.69, 9.17) is 5.11 Å². The number of carbonyl (C=O) groups is 1. The van der Waals surface area contributed by atoms with Crippen LogP contribution in [0.4, 0.5) is 11.6 Å². The number of pyridine rings is 1. The highest BCUT2D eigenvalue weighted by Gasteiger charge is 2.14. The number of tetrazole rings is 1. The minimum absolute atomic E-state index is 0. The molecule has 1 atom stereocenters. The van der Waals surface area contributed by atoms with E-state index in [0.29, 0.717) is 11.2 Å². The number of aliphatic hydroxyl groups is 2. The maximum atomic E-state index is 12.3. The predicted molar refractivity (Wildman–Crippen MR) is 92.7 cm³/mol. The summed E-state index contributed by atoms with van der Waals surface area (Å²) in [5.74, 6) is -0.451. The minimum atomic E-state index is -0.909. The van der Waals surface area contributed by atoms with Crippen LogP contribution in [-0.4, -0.2) is 61.0 Å². The lowest BCUT2D eigenvalue weighted by Gasteiger charge is -2.13. The third kappa shape index (κ3) is 4.38. The van der Waals surface area contributed by atoms with Gasteiger partial charge in [0.15, 0.2) is 0 Å². The van der Waals surface area contributed by atoms with Crippen LogP contribution in [-0.2, 0) is 0 Å². The highest BCUT2D eigenvalue weighted by Crippen LogP contribution is 2.23. The number of para-hydroxylation sites is 1. The van der Waals surface area contributed by atoms with Crippen LogP contribution in [0.25, 0.3) is 10.9 Å². The van der Waals surface area contributed by atoms with Gasteiger partial charge in [0.1, 0.15) is 5.69 Å². The number of halogens is 1. The molecular weight excluding hydrogens is 350 g/mol. The summed E-state index contributed by atoms with van der Waals surface area (Å²) < 4.78 is 0. The fourth-order valence-electron chi connectivity index (χ4n) is 2.11. The van der Waals surface area contributed by atoms with Crippen molar-refractivity contribution in [3.63, 3.8) is 0 Å². The van der Waals surface area contributed by atoms with E-state index in [1.165, 1.54) is 0 Å². The van der Waals surface area contributed by atoms with Crippen molar-refractivity contribution < 1.29 is 15.0 Å². The molecule has 1 unspecified atom stereocenters. The molecule has 0 radical (unpaired) electrons. The first-order chi connectivity index (χ1) is 11.7. The van der Waals surface area contributed by atoms with E-state index < -0.39 is 12.0 Å². The Morgan fingerprint density at radius 3 is 2.84 bits per heavy atom. The molecular formula is C14H16ClN7O3. The number of carbonyl (C=O) groups excluding carboxylic acids is 1. The molecule has 0 fully saturated rings. The molecule has 11 heteroatoms. The van der Waals surface area contributed by atoms with Crippen molar-refractivity contribution in [1.29, 1.82) is 0 Å². The van der Waals surface area contributed by atoms with Crippen LogP contribution < -0.4 is 10.6 Å². The average molecular weight is 366 g/mol. The highest BCUT2D eigenvalue weighted by molar-refractivity contribution is 6.05. The molecule has 2 heterocycles. The summed E-state index contributed by atoms with van der Waals surface area (Å²) in [6.07, 6.45) is -0.909. The molecule has 1 aromatic carbocycles. The number of nitrogens with one attached hydrogen (secondary N) is 3. The van der Waals surface area contributed by atoms with Crippen LogP contribution in [0.5, 0.6) is 0 Å². The summed E-state index contributed by atoms with van der Waals surface area (Å²) in [6.45, 7) is -0.225. The number of hydrogen-bond acceptors (Lipinski definition) is 8. The molecule has 3 rings (SSSR count). The molecule has 10 nitrogen and oxygen atoms in total. The van der Waals surface area contributed by atoms with Gasteiger partial charge in [0.2, 0.25) is 0 Å². The Morgan fingerprint density at radius 1 is 1.32 bits per heavy atom. The number of nitrogens with zero attached hydrogens (tertiary/aromatic N) is 4. The maximum absolute atomic E-state index is 12.3. The molecule has 25 heavy (non-hydrogen) atoms. The molecule has 132 valence electrons. The summed E-state index contributed by atoms with van der Waals surface area (Å²) >= 11 is 0. The van der Waals surface area contributed by atoms with Gasteiger partial charge < -0.3 is 15.5 Å². The molecule has 2 aromatic heterocycles. The molecule has 0 aliphatic heterocycles. The fourth-order valence-corrected chi connectivity index (χ4v) is 2.11. The summed E-state index contributed by atoms with van der Waals surface area (Å²) in [5, 5.41) is 37.6. The average Bonchev–Trinajstić information content (AvgIpc) is 3.12. The third-order valence-corrected chi connectivity index (χ3v) is 3.26. The molecule has 0 spiro atoms. The number of rotatable bonds is 6. The summed E-state index contributed by atoms with van der Waals surface area (Å²) in [7, 11) is 0. The maximum Gasteiger partial charge on any atom is 0.276 e. The van der Waals surface area contributed by atoms with Crippen molar-refractivity contribution >= 4 is 40.9 Å². The third-order valence-electron chi connectivity index (χ3n) is 3.26. The SMILES string of the molecule is Cl.O=C(Nc1nn[nH]n1)c1cc(NCC(O)CO)c2ccccc2n1. The van der Waals surface area contributed by atoms with E-state index in [0.717, 1.165) is 5.39 Å². The normalized spacial score (nSPS) is 11.6. The van der Waals surface area contributed by atoms with Gasteiger partial charge in [0.25, 0.3) is 11.9 Å². The van der Waals surface area contributed by atoms with E-state index in [2.05, 4.69) is 36.2 Å². The topological polar surface area (TPSA) is 149 Å². The monoisotopic (exact) mass is 365 g/mol. The first-order valence-corrected chi connectivity index (χ1v) is 7.14. The summed E-state index contributed by atoms with van der Waals surface area (Å²) in [4.78, 5) is 16.6. The zero-order valence-corrected chi connectivity index (χ0v) is 13.7. The van der Waals surface area contributed by atoms with Gasteiger partial charge >= 0.3 is 0 Å². The predicted octanol–water partition coefficient (Wildman–Crippen LogP) is 0.187. The molecule has 1 amide bonds. The quantitative estimate of drug-likeness (QED) is 0.415. The van der Waals surface area contributed by atoms with Crippen LogP contribution in [0.1, 0.15) is 10.5 Å². The van der Waals surface area contributed by atoms with E-state index >= 15 is 0 Å². The Hall–Kier alpha value is -2.82. The molecule has 0 aliphatic rings. The van der Waals surface area contributed by atoms with Gasteiger partial charge in [-0.2, -0.15) is 5.21 Å². The van der Waals surface area contributed by atoms with Gasteiger partial charge in [0, 0.05) is 17.6 Å². The second-order valence-corrected chi connectivity index (χ2v) is 4.98. The Balaban J connectivity index is 0.00000225. The first kappa shape index (κ1) is 18.5. The van der Waals surface area contributed by atoms with Gasteiger partial charge in [-0.3, -0.25) is 10.1 Å². The summed E-state index contributed by atoms with van der Waals surface area (Å²) in [6, 6.07) is 8.83. The number of aromatic nitrogens is 5. The van der Waals surface area contributed by atoms with Crippen LogP contribution in [0, 0.1) is 0 Å². The Bertz CT molecular complexity index is 844. The van der Waals surface area contributed by atoms with Gasteiger partial charge in [-0.05, 0) is 17.3 Å². The van der Waals surface area contributed by atoms with Crippen LogP contribution in [0.15, 0.2) is 30.3 Å². The van der Waals surface area contributed by atoms with Gasteiger partial charge in [0.05, 0.1) is 18.2 Å². The second-order valence-electron chi connectivity index (χ2n) is 4.98. The van der Waals surface area contributed by atoms with Crippen molar-refractivity contribution in [2.45, 2.75) is 6.10 Å². The van der Waals surface area contributed by atoms with Gasteiger partial charge in [-0.15, -0.1) is 17.5 Å². The van der Waals surface area contributed by atoms with E-state index in [1.807, 2.05) is 18.2 Å². The standard InChI is InChI=1S/C14H15N7O3.ClH/c22-7-8(23)6-15-11-5-12(13(24)17-14-18-20-21-19-14)16-10-4-2-1-3-9(10)11;/h1-5,8,22-23H,6-7H2,(H,15,16)(H2,17,18,19,20,21,24);1H. The molecule has 0 aliphatic carbocycles. The number of aliphatic hydroxyl groups excluding tert-OH is 2. The first-order valence-electron chi connectivity index (χ1n) is 7.14.